The van der Waals surface area contributed by atoms with Gasteiger partial charge in [-0.15, -0.1) is 0 Å². The van der Waals surface area contributed by atoms with Crippen LogP contribution in [0.3, 0.4) is 0 Å². The Balaban J connectivity index is 2.49. The van der Waals surface area contributed by atoms with E-state index in [9.17, 15) is 4.39 Å². The van der Waals surface area contributed by atoms with Crippen molar-refractivity contribution >= 4 is 0 Å². The van der Waals surface area contributed by atoms with Crippen molar-refractivity contribution in [2.45, 2.75) is 13.5 Å². The molecule has 0 saturated carbocycles. The first-order chi connectivity index (χ1) is 8.65. The zero-order valence-corrected chi connectivity index (χ0v) is 9.94. The number of aryl methyl sites for hydroxylation is 1. The second kappa shape index (κ2) is 4.99. The molecule has 0 fully saturated rings. The maximum Gasteiger partial charge on any atom is 0.132 e. The number of hydrogen-bond donors (Lipinski definition) is 1. The molecule has 0 heterocycles. The second-order valence-corrected chi connectivity index (χ2v) is 4.11. The second-order valence-electron chi connectivity index (χ2n) is 4.11. The van der Waals surface area contributed by atoms with E-state index in [0.717, 1.165) is 16.7 Å². The maximum absolute atomic E-state index is 13.8. The number of rotatable bonds is 2. The van der Waals surface area contributed by atoms with E-state index >= 15 is 0 Å². The van der Waals surface area contributed by atoms with Crippen molar-refractivity contribution in [1.29, 1.82) is 5.26 Å². The van der Waals surface area contributed by atoms with Gasteiger partial charge in [0.15, 0.2) is 0 Å². The molecule has 0 aromatic heterocycles. The molecule has 0 radical (unpaired) electrons. The summed E-state index contributed by atoms with van der Waals surface area (Å²) in [5.74, 6) is -0.412. The molecule has 0 aliphatic heterocycles. The van der Waals surface area contributed by atoms with E-state index in [0.29, 0.717) is 11.1 Å². The minimum absolute atomic E-state index is 0.0258. The van der Waals surface area contributed by atoms with E-state index < -0.39 is 5.82 Å². The van der Waals surface area contributed by atoms with Gasteiger partial charge in [0.2, 0.25) is 0 Å². The molecule has 2 aromatic rings. The van der Waals surface area contributed by atoms with Crippen molar-refractivity contribution in [2.75, 3.05) is 0 Å². The average Bonchev–Trinajstić information content (AvgIpc) is 2.38. The van der Waals surface area contributed by atoms with Crippen molar-refractivity contribution in [3.63, 3.8) is 0 Å². The predicted octanol–water partition coefficient (Wildman–Crippen LogP) is 3.17. The van der Waals surface area contributed by atoms with Gasteiger partial charge in [0.25, 0.3) is 0 Å². The number of hydrogen-bond acceptors (Lipinski definition) is 2. The molecule has 1 N–H and O–H groups in total. The van der Waals surface area contributed by atoms with E-state index in [1.807, 2.05) is 19.1 Å². The van der Waals surface area contributed by atoms with Gasteiger partial charge in [0.1, 0.15) is 5.82 Å². The molecular formula is C15H12FNO. The largest absolute Gasteiger partial charge is 0.392 e. The molecule has 2 nitrogen and oxygen atoms in total. The number of aliphatic hydroxyl groups is 1. The van der Waals surface area contributed by atoms with Crippen molar-refractivity contribution in [3.05, 3.63) is 58.9 Å². The lowest BCUT2D eigenvalue weighted by Gasteiger charge is -2.08. The van der Waals surface area contributed by atoms with Crippen LogP contribution in [0.1, 0.15) is 16.7 Å². The normalized spacial score (nSPS) is 10.1. The van der Waals surface area contributed by atoms with Gasteiger partial charge in [-0.25, -0.2) is 4.39 Å². The lowest BCUT2D eigenvalue weighted by molar-refractivity contribution is 0.281. The summed E-state index contributed by atoms with van der Waals surface area (Å²) in [6.07, 6.45) is 0. The first kappa shape index (κ1) is 12.3. The Bertz CT molecular complexity index is 629. The molecule has 0 aliphatic rings. The fraction of sp³-hybridized carbons (Fsp3) is 0.133. The van der Waals surface area contributed by atoms with Gasteiger partial charge in [-0.05, 0) is 35.7 Å². The van der Waals surface area contributed by atoms with Crippen molar-refractivity contribution in [1.82, 2.24) is 0 Å². The summed E-state index contributed by atoms with van der Waals surface area (Å²) in [4.78, 5) is 0. The minimum atomic E-state index is -0.412. The quantitative estimate of drug-likeness (QED) is 0.877. The molecule has 90 valence electrons. The summed E-state index contributed by atoms with van der Waals surface area (Å²) >= 11 is 0. The van der Waals surface area contributed by atoms with Crippen LogP contribution in [0, 0.1) is 24.1 Å². The number of benzene rings is 2. The van der Waals surface area contributed by atoms with Crippen LogP contribution in [-0.2, 0) is 6.61 Å². The fourth-order valence-corrected chi connectivity index (χ4v) is 1.86. The van der Waals surface area contributed by atoms with Crippen LogP contribution in [0.4, 0.5) is 4.39 Å². The highest BCUT2D eigenvalue weighted by atomic mass is 19.1. The third kappa shape index (κ3) is 2.24. The summed E-state index contributed by atoms with van der Waals surface area (Å²) in [5, 5.41) is 17.8. The highest BCUT2D eigenvalue weighted by Gasteiger charge is 2.07. The molecule has 0 spiro atoms. The van der Waals surface area contributed by atoms with Gasteiger partial charge in [0.05, 0.1) is 18.2 Å². The van der Waals surface area contributed by atoms with Crippen LogP contribution < -0.4 is 0 Å². The molecular weight excluding hydrogens is 229 g/mol. The number of aliphatic hydroxyl groups excluding tert-OH is 1. The third-order valence-corrected chi connectivity index (χ3v) is 2.92. The minimum Gasteiger partial charge on any atom is -0.392 e. The fourth-order valence-electron chi connectivity index (χ4n) is 1.86. The summed E-state index contributed by atoms with van der Waals surface area (Å²) in [6, 6.07) is 11.7. The zero-order valence-electron chi connectivity index (χ0n) is 9.94. The van der Waals surface area contributed by atoms with Crippen molar-refractivity contribution in [2.24, 2.45) is 0 Å². The van der Waals surface area contributed by atoms with Gasteiger partial charge in [0, 0.05) is 5.56 Å². The Kier molecular flexibility index (Phi) is 3.40. The maximum atomic E-state index is 13.8. The monoisotopic (exact) mass is 241 g/mol. The molecule has 2 rings (SSSR count). The molecule has 0 amide bonds. The first-order valence-corrected chi connectivity index (χ1v) is 5.56. The van der Waals surface area contributed by atoms with Gasteiger partial charge in [-0.2, -0.15) is 5.26 Å². The Morgan fingerprint density at radius 2 is 2.00 bits per heavy atom. The van der Waals surface area contributed by atoms with Crippen LogP contribution in [0.2, 0.25) is 0 Å². The lowest BCUT2D eigenvalue weighted by atomic mass is 9.99. The van der Waals surface area contributed by atoms with Crippen molar-refractivity contribution < 1.29 is 9.50 Å². The highest BCUT2D eigenvalue weighted by molar-refractivity contribution is 5.66. The predicted molar refractivity (Wildman–Crippen MR) is 67.2 cm³/mol. The summed E-state index contributed by atoms with van der Waals surface area (Å²) < 4.78 is 13.8. The van der Waals surface area contributed by atoms with Crippen LogP contribution in [0.5, 0.6) is 0 Å². The van der Waals surface area contributed by atoms with E-state index in [-0.39, 0.29) is 6.61 Å². The summed E-state index contributed by atoms with van der Waals surface area (Å²) in [5.41, 5.74) is 3.25. The Hall–Kier alpha value is -2.18. The van der Waals surface area contributed by atoms with Crippen molar-refractivity contribution in [3.8, 4) is 17.2 Å². The highest BCUT2D eigenvalue weighted by Crippen LogP contribution is 2.25. The number of halogens is 1. The number of nitriles is 1. The van der Waals surface area contributed by atoms with Crippen LogP contribution in [0.15, 0.2) is 36.4 Å². The molecule has 0 aliphatic carbocycles. The topological polar surface area (TPSA) is 44.0 Å². The number of nitrogens with zero attached hydrogens (tertiary/aromatic N) is 1. The van der Waals surface area contributed by atoms with E-state index in [2.05, 4.69) is 0 Å². The van der Waals surface area contributed by atoms with Gasteiger partial charge in [-0.1, -0.05) is 24.3 Å². The first-order valence-electron chi connectivity index (χ1n) is 5.56. The summed E-state index contributed by atoms with van der Waals surface area (Å²) in [6.45, 7) is 1.85. The molecule has 18 heavy (non-hydrogen) atoms. The van der Waals surface area contributed by atoms with Gasteiger partial charge < -0.3 is 5.11 Å². The molecule has 0 unspecified atom stereocenters. The van der Waals surface area contributed by atoms with E-state index in [1.165, 1.54) is 6.07 Å². The third-order valence-electron chi connectivity index (χ3n) is 2.92. The molecule has 3 heteroatoms. The van der Waals surface area contributed by atoms with E-state index in [4.69, 9.17) is 10.4 Å². The zero-order chi connectivity index (χ0) is 13.1. The van der Waals surface area contributed by atoms with Crippen LogP contribution >= 0.6 is 0 Å². The Morgan fingerprint density at radius 1 is 1.22 bits per heavy atom. The van der Waals surface area contributed by atoms with Crippen LogP contribution in [0.25, 0.3) is 11.1 Å². The SMILES string of the molecule is Cc1cc(-c2ccc(C#N)cc2F)ccc1CO. The van der Waals surface area contributed by atoms with E-state index in [1.54, 1.807) is 24.3 Å². The lowest BCUT2D eigenvalue weighted by Crippen LogP contribution is -1.91. The smallest absolute Gasteiger partial charge is 0.132 e. The molecule has 2 aromatic carbocycles. The summed E-state index contributed by atoms with van der Waals surface area (Å²) in [7, 11) is 0. The molecule has 0 saturated heterocycles. The Morgan fingerprint density at radius 3 is 2.56 bits per heavy atom. The molecule has 0 bridgehead atoms. The average molecular weight is 241 g/mol. The van der Waals surface area contributed by atoms with Gasteiger partial charge >= 0.3 is 0 Å². The molecule has 0 atom stereocenters. The standard InChI is InChI=1S/C15H12FNO/c1-10-6-12(3-4-13(10)9-18)14-5-2-11(8-17)7-15(14)16/h2-7,18H,9H2,1H3. The van der Waals surface area contributed by atoms with Crippen LogP contribution in [-0.4, -0.2) is 5.11 Å². The Labute approximate surface area is 105 Å². The van der Waals surface area contributed by atoms with Gasteiger partial charge in [-0.3, -0.25) is 0 Å².